The van der Waals surface area contributed by atoms with Crippen molar-refractivity contribution in [2.45, 2.75) is 90.1 Å². The number of benzene rings is 1. The van der Waals surface area contributed by atoms with Crippen LogP contribution in [0.1, 0.15) is 51.9 Å². The maximum Gasteiger partial charge on any atom is 0.338 e. The van der Waals surface area contributed by atoms with Gasteiger partial charge in [-0.05, 0) is 56.6 Å². The summed E-state index contributed by atoms with van der Waals surface area (Å²) in [5, 5.41) is -0.0372. The van der Waals surface area contributed by atoms with Crippen LogP contribution in [0.5, 0.6) is 0 Å². The van der Waals surface area contributed by atoms with Gasteiger partial charge in [0.2, 0.25) is 0 Å². The summed E-state index contributed by atoms with van der Waals surface area (Å²) in [5.74, 6) is -1.93. The Labute approximate surface area is 209 Å². The SMILES string of the molecule is CCOC(=O)/C=C(\CO[Si](C)(C)C(C)(C)C)[C@H]1O[C@@H]2OC(C)(C)O[C@@H]2[C@H]1OC(=O)c1ccccc1. The number of esters is 2. The van der Waals surface area contributed by atoms with E-state index >= 15 is 0 Å². The minimum atomic E-state index is -2.16. The average molecular weight is 507 g/mol. The van der Waals surface area contributed by atoms with Gasteiger partial charge < -0.3 is 28.1 Å². The van der Waals surface area contributed by atoms with E-state index in [4.69, 9.17) is 28.1 Å². The van der Waals surface area contributed by atoms with E-state index in [-0.39, 0.29) is 18.3 Å². The van der Waals surface area contributed by atoms with Crippen LogP contribution in [0.15, 0.2) is 42.0 Å². The van der Waals surface area contributed by atoms with Crippen LogP contribution in [0.4, 0.5) is 0 Å². The van der Waals surface area contributed by atoms with Gasteiger partial charge in [-0.3, -0.25) is 0 Å². The largest absolute Gasteiger partial charge is 0.463 e. The van der Waals surface area contributed by atoms with Crippen molar-refractivity contribution in [1.82, 2.24) is 0 Å². The number of ether oxygens (including phenoxy) is 5. The molecule has 0 amide bonds. The molecule has 8 nitrogen and oxygen atoms in total. The van der Waals surface area contributed by atoms with Crippen LogP contribution < -0.4 is 0 Å². The zero-order valence-electron chi connectivity index (χ0n) is 22.0. The zero-order valence-corrected chi connectivity index (χ0v) is 23.0. The first-order chi connectivity index (χ1) is 16.2. The van der Waals surface area contributed by atoms with Crippen molar-refractivity contribution in [2.75, 3.05) is 13.2 Å². The van der Waals surface area contributed by atoms with E-state index in [1.165, 1.54) is 6.08 Å². The van der Waals surface area contributed by atoms with Gasteiger partial charge in [-0.15, -0.1) is 0 Å². The normalized spacial score (nSPS) is 26.3. The highest BCUT2D eigenvalue weighted by Crippen LogP contribution is 2.42. The van der Waals surface area contributed by atoms with E-state index in [9.17, 15) is 9.59 Å². The first kappa shape index (κ1) is 27.5. The maximum atomic E-state index is 13.0. The van der Waals surface area contributed by atoms with Crippen molar-refractivity contribution in [3.63, 3.8) is 0 Å². The van der Waals surface area contributed by atoms with E-state index in [1.807, 2.05) is 6.07 Å². The fraction of sp³-hybridized carbons (Fsp3) is 0.615. The van der Waals surface area contributed by atoms with Gasteiger partial charge in [-0.25, -0.2) is 9.59 Å². The summed E-state index contributed by atoms with van der Waals surface area (Å²) in [6.45, 7) is 16.3. The molecule has 2 saturated heterocycles. The van der Waals surface area contributed by atoms with E-state index in [0.29, 0.717) is 11.1 Å². The summed E-state index contributed by atoms with van der Waals surface area (Å²) < 4.78 is 35.7. The molecule has 1 aromatic rings. The molecule has 0 spiro atoms. The molecule has 35 heavy (non-hydrogen) atoms. The third-order valence-corrected chi connectivity index (χ3v) is 11.1. The first-order valence-corrected chi connectivity index (χ1v) is 14.9. The molecule has 0 bridgehead atoms. The molecule has 0 saturated carbocycles. The molecule has 0 aromatic heterocycles. The Bertz CT molecular complexity index is 934. The summed E-state index contributed by atoms with van der Waals surface area (Å²) in [4.78, 5) is 25.4. The van der Waals surface area contributed by atoms with E-state index in [0.717, 1.165) is 0 Å². The fourth-order valence-electron chi connectivity index (χ4n) is 3.69. The third-order valence-electron chi connectivity index (χ3n) is 6.60. The Balaban J connectivity index is 1.92. The molecule has 0 N–H and O–H groups in total. The topological polar surface area (TPSA) is 89.5 Å². The van der Waals surface area contributed by atoms with Crippen LogP contribution in [-0.4, -0.2) is 63.9 Å². The van der Waals surface area contributed by atoms with Crippen LogP contribution in [0.2, 0.25) is 18.1 Å². The van der Waals surface area contributed by atoms with Crippen molar-refractivity contribution in [1.29, 1.82) is 0 Å². The highest BCUT2D eigenvalue weighted by Gasteiger charge is 2.57. The highest BCUT2D eigenvalue weighted by molar-refractivity contribution is 6.74. The lowest BCUT2D eigenvalue weighted by atomic mass is 10.0. The van der Waals surface area contributed by atoms with Gasteiger partial charge in [-0.1, -0.05) is 39.0 Å². The summed E-state index contributed by atoms with van der Waals surface area (Å²) in [6, 6.07) is 8.70. The predicted molar refractivity (Wildman–Crippen MR) is 132 cm³/mol. The Hall–Kier alpha value is -2.04. The van der Waals surface area contributed by atoms with E-state index in [2.05, 4.69) is 33.9 Å². The molecule has 3 rings (SSSR count). The Kier molecular flexibility index (Phi) is 8.28. The maximum absolute atomic E-state index is 13.0. The molecule has 9 heteroatoms. The predicted octanol–water partition coefficient (Wildman–Crippen LogP) is 4.60. The molecule has 2 fully saturated rings. The van der Waals surface area contributed by atoms with E-state index < -0.39 is 50.6 Å². The average Bonchev–Trinajstić information content (AvgIpc) is 3.23. The highest BCUT2D eigenvalue weighted by atomic mass is 28.4. The molecule has 0 unspecified atom stereocenters. The number of hydrogen-bond donors (Lipinski definition) is 0. The van der Waals surface area contributed by atoms with Crippen LogP contribution in [0, 0.1) is 0 Å². The number of fused-ring (bicyclic) bond motifs is 1. The van der Waals surface area contributed by atoms with Crippen LogP contribution in [-0.2, 0) is 32.9 Å². The van der Waals surface area contributed by atoms with E-state index in [1.54, 1.807) is 45.0 Å². The molecule has 4 atom stereocenters. The molecular formula is C26H38O8Si. The molecule has 2 heterocycles. The zero-order chi connectivity index (χ0) is 26.0. The minimum absolute atomic E-state index is 0.0372. The fourth-order valence-corrected chi connectivity index (χ4v) is 4.65. The lowest BCUT2D eigenvalue weighted by molar-refractivity contribution is -0.210. The van der Waals surface area contributed by atoms with Gasteiger partial charge in [0.25, 0.3) is 0 Å². The van der Waals surface area contributed by atoms with Gasteiger partial charge in [0.05, 0.1) is 18.8 Å². The van der Waals surface area contributed by atoms with Crippen molar-refractivity contribution in [3.05, 3.63) is 47.5 Å². The van der Waals surface area contributed by atoms with Crippen LogP contribution in [0.3, 0.4) is 0 Å². The summed E-state index contributed by atoms with van der Waals surface area (Å²) >= 11 is 0. The quantitative estimate of drug-likeness (QED) is 0.287. The van der Waals surface area contributed by atoms with Gasteiger partial charge in [-0.2, -0.15) is 0 Å². The second kappa shape index (κ2) is 10.5. The smallest absolute Gasteiger partial charge is 0.338 e. The Morgan fingerprint density at radius 1 is 1.11 bits per heavy atom. The monoisotopic (exact) mass is 506 g/mol. The van der Waals surface area contributed by atoms with Gasteiger partial charge in [0.1, 0.15) is 6.10 Å². The molecule has 1 aromatic carbocycles. The molecule has 2 aliphatic heterocycles. The summed E-state index contributed by atoms with van der Waals surface area (Å²) in [6.07, 6.45) is -1.71. The molecule has 194 valence electrons. The van der Waals surface area contributed by atoms with Gasteiger partial charge in [0, 0.05) is 6.08 Å². The second-order valence-corrected chi connectivity index (χ2v) is 15.6. The first-order valence-electron chi connectivity index (χ1n) is 12.0. The van der Waals surface area contributed by atoms with Crippen LogP contribution in [0.25, 0.3) is 0 Å². The Morgan fingerprint density at radius 2 is 1.77 bits per heavy atom. The standard InChI is InChI=1S/C26H38O8Si/c1-9-29-19(27)15-18(16-30-35(7,8)25(2,3)4)20-21(22-24(32-20)34-26(5,6)33-22)31-23(28)17-13-11-10-12-14-17/h10-15,20-22,24H,9,16H2,1-8H3/b18-15+/t20-,21+,22-,24-/m1/s1. The number of carbonyl (C=O) groups excluding carboxylic acids is 2. The lowest BCUT2D eigenvalue weighted by Crippen LogP contribution is -2.44. The van der Waals surface area contributed by atoms with Gasteiger partial charge >= 0.3 is 11.9 Å². The summed E-state index contributed by atoms with van der Waals surface area (Å²) in [5.41, 5.74) is 0.917. The molecule has 0 aliphatic carbocycles. The number of carbonyl (C=O) groups is 2. The Morgan fingerprint density at radius 3 is 2.37 bits per heavy atom. The lowest BCUT2D eigenvalue weighted by Gasteiger charge is -2.37. The third kappa shape index (κ3) is 6.59. The molecule has 2 aliphatic rings. The number of rotatable bonds is 8. The van der Waals surface area contributed by atoms with Crippen molar-refractivity contribution in [2.24, 2.45) is 0 Å². The van der Waals surface area contributed by atoms with Gasteiger partial charge in [0.15, 0.2) is 32.6 Å². The number of hydrogen-bond acceptors (Lipinski definition) is 8. The van der Waals surface area contributed by atoms with Crippen LogP contribution >= 0.6 is 0 Å². The van der Waals surface area contributed by atoms with Crippen molar-refractivity contribution < 1.29 is 37.7 Å². The summed E-state index contributed by atoms with van der Waals surface area (Å²) in [7, 11) is -2.16. The molecule has 0 radical (unpaired) electrons. The van der Waals surface area contributed by atoms with Crippen molar-refractivity contribution in [3.8, 4) is 0 Å². The second-order valence-electron chi connectivity index (χ2n) is 10.8. The van der Waals surface area contributed by atoms with Crippen molar-refractivity contribution >= 4 is 20.3 Å². The minimum Gasteiger partial charge on any atom is -0.463 e. The molecular weight excluding hydrogens is 468 g/mol.